The van der Waals surface area contributed by atoms with Crippen molar-refractivity contribution in [1.82, 2.24) is 20.2 Å². The Kier molecular flexibility index (Phi) is 9.30. The van der Waals surface area contributed by atoms with E-state index in [9.17, 15) is 31.5 Å². The van der Waals surface area contributed by atoms with Gasteiger partial charge in [-0.05, 0) is 57.3 Å². The van der Waals surface area contributed by atoms with E-state index in [1.54, 1.807) is 4.90 Å². The number of likely N-dealkylation sites (tertiary alicyclic amines) is 1. The molecule has 1 saturated carbocycles. The molecule has 0 radical (unpaired) electrons. The predicted octanol–water partition coefficient (Wildman–Crippen LogP) is 7.02. The molecule has 0 spiro atoms. The Morgan fingerprint density at radius 1 is 1.21 bits per heavy atom. The number of amides is 2. The largest absolute Gasteiger partial charge is 0.412 e. The Bertz CT molecular complexity index is 1360. The van der Waals surface area contributed by atoms with Crippen molar-refractivity contribution in [2.45, 2.75) is 109 Å². The van der Waals surface area contributed by atoms with Crippen molar-refractivity contribution in [3.05, 3.63) is 28.5 Å². The fourth-order valence-corrected chi connectivity index (χ4v) is 6.94. The summed E-state index contributed by atoms with van der Waals surface area (Å²) in [6.07, 6.45) is -4.73. The molecule has 4 atom stereocenters. The second-order valence-electron chi connectivity index (χ2n) is 12.8. The van der Waals surface area contributed by atoms with Gasteiger partial charge >= 0.3 is 6.18 Å². The lowest BCUT2D eigenvalue weighted by molar-refractivity contribution is -0.138. The SMILES string of the molecule is C[C@H](Nc1cc(C(F)F)c(-c2sc(C(=O)NC3CC3O[Si](C)(C)C(C)(C)C)nc2C(=O)N2CCC[C@@H]2C)cn1)C(F)(F)F. The lowest BCUT2D eigenvalue weighted by Gasteiger charge is -2.36. The molecule has 43 heavy (non-hydrogen) atoms. The number of anilines is 1. The van der Waals surface area contributed by atoms with Gasteiger partial charge in [0, 0.05) is 29.9 Å². The average molecular weight is 648 g/mol. The number of carbonyl (C=O) groups is 2. The lowest BCUT2D eigenvalue weighted by atomic mass is 10.1. The lowest BCUT2D eigenvalue weighted by Crippen LogP contribution is -2.42. The molecule has 1 aliphatic heterocycles. The van der Waals surface area contributed by atoms with Crippen molar-refractivity contribution < 1.29 is 36.0 Å². The quantitative estimate of drug-likeness (QED) is 0.224. The van der Waals surface area contributed by atoms with Gasteiger partial charge in [-0.1, -0.05) is 20.8 Å². The number of pyridine rings is 1. The first-order valence-electron chi connectivity index (χ1n) is 14.2. The van der Waals surface area contributed by atoms with Crippen molar-refractivity contribution in [2.75, 3.05) is 11.9 Å². The average Bonchev–Trinajstić information content (AvgIpc) is 3.24. The van der Waals surface area contributed by atoms with Crippen LogP contribution in [0.25, 0.3) is 10.4 Å². The summed E-state index contributed by atoms with van der Waals surface area (Å²) in [4.78, 5) is 36.8. The minimum Gasteiger partial charge on any atom is -0.412 e. The first-order chi connectivity index (χ1) is 19.8. The molecule has 2 aromatic rings. The molecule has 4 rings (SSSR count). The highest BCUT2D eigenvalue weighted by molar-refractivity contribution is 7.17. The molecule has 15 heteroatoms. The van der Waals surface area contributed by atoms with Gasteiger partial charge in [0.05, 0.1) is 17.0 Å². The Morgan fingerprint density at radius 2 is 1.88 bits per heavy atom. The third kappa shape index (κ3) is 7.36. The van der Waals surface area contributed by atoms with E-state index in [1.807, 2.05) is 6.92 Å². The van der Waals surface area contributed by atoms with Crippen LogP contribution < -0.4 is 10.6 Å². The summed E-state index contributed by atoms with van der Waals surface area (Å²) >= 11 is 0.777. The van der Waals surface area contributed by atoms with Gasteiger partial charge in [0.25, 0.3) is 18.2 Å². The van der Waals surface area contributed by atoms with Crippen LogP contribution in [0.4, 0.5) is 27.8 Å². The van der Waals surface area contributed by atoms with E-state index in [-0.39, 0.29) is 44.4 Å². The van der Waals surface area contributed by atoms with E-state index in [0.29, 0.717) is 13.0 Å². The maximum atomic E-state index is 14.3. The first-order valence-corrected chi connectivity index (χ1v) is 17.9. The summed E-state index contributed by atoms with van der Waals surface area (Å²) in [6.45, 7) is 13.8. The minimum atomic E-state index is -4.62. The number of hydrogen-bond acceptors (Lipinski definition) is 7. The fourth-order valence-electron chi connectivity index (χ4n) is 4.58. The number of carbonyl (C=O) groups excluding carboxylic acids is 2. The molecule has 1 aliphatic carbocycles. The topological polar surface area (TPSA) is 96.4 Å². The molecular formula is C28H38F5N5O3SSi. The normalized spacial score (nSPS) is 21.7. The molecule has 2 aromatic heterocycles. The zero-order valence-corrected chi connectivity index (χ0v) is 27.1. The Hall–Kier alpha value is -2.65. The van der Waals surface area contributed by atoms with E-state index in [0.717, 1.165) is 43.4 Å². The summed E-state index contributed by atoms with van der Waals surface area (Å²) in [5, 5.41) is 4.88. The molecule has 2 N–H and O–H groups in total. The van der Waals surface area contributed by atoms with Gasteiger partial charge in [-0.15, -0.1) is 11.3 Å². The monoisotopic (exact) mass is 647 g/mol. The summed E-state index contributed by atoms with van der Waals surface area (Å²) in [5.41, 5.74) is -0.963. The Balaban J connectivity index is 1.65. The van der Waals surface area contributed by atoms with Gasteiger partial charge in [-0.2, -0.15) is 13.2 Å². The van der Waals surface area contributed by atoms with E-state index >= 15 is 0 Å². The van der Waals surface area contributed by atoms with E-state index in [2.05, 4.69) is 54.5 Å². The number of nitrogens with zero attached hydrogens (tertiary/aromatic N) is 3. The number of nitrogens with one attached hydrogen (secondary N) is 2. The second-order valence-corrected chi connectivity index (χ2v) is 18.5. The number of rotatable bonds is 9. The molecule has 1 saturated heterocycles. The molecule has 2 amide bonds. The Labute approximate surface area is 252 Å². The van der Waals surface area contributed by atoms with Crippen molar-refractivity contribution >= 4 is 37.3 Å². The van der Waals surface area contributed by atoms with Crippen LogP contribution in [-0.2, 0) is 4.43 Å². The van der Waals surface area contributed by atoms with Crippen LogP contribution >= 0.6 is 11.3 Å². The van der Waals surface area contributed by atoms with Crippen molar-refractivity contribution in [3.63, 3.8) is 0 Å². The summed E-state index contributed by atoms with van der Waals surface area (Å²) in [7, 11) is -2.07. The molecule has 0 aromatic carbocycles. The van der Waals surface area contributed by atoms with E-state index < -0.39 is 50.2 Å². The summed E-state index contributed by atoms with van der Waals surface area (Å²) in [5.74, 6) is -1.46. The van der Waals surface area contributed by atoms with Gasteiger partial charge in [0.2, 0.25) is 0 Å². The van der Waals surface area contributed by atoms with Gasteiger partial charge < -0.3 is 20.0 Å². The van der Waals surface area contributed by atoms with Crippen molar-refractivity contribution in [1.29, 1.82) is 0 Å². The van der Waals surface area contributed by atoms with Crippen LogP contribution in [0.3, 0.4) is 0 Å². The highest BCUT2D eigenvalue weighted by Crippen LogP contribution is 2.42. The summed E-state index contributed by atoms with van der Waals surface area (Å²) in [6, 6.07) is -1.55. The van der Waals surface area contributed by atoms with Gasteiger partial charge in [0.15, 0.2) is 13.3 Å². The van der Waals surface area contributed by atoms with Crippen LogP contribution in [0.5, 0.6) is 0 Å². The maximum Gasteiger partial charge on any atom is 0.408 e. The fraction of sp³-hybridized carbons (Fsp3) is 0.643. The maximum absolute atomic E-state index is 14.3. The highest BCUT2D eigenvalue weighted by Gasteiger charge is 2.48. The second kappa shape index (κ2) is 12.0. The van der Waals surface area contributed by atoms with Crippen LogP contribution in [-0.4, -0.2) is 72.0 Å². The number of hydrogen-bond donors (Lipinski definition) is 2. The number of alkyl halides is 5. The molecule has 3 heterocycles. The molecule has 2 unspecified atom stereocenters. The smallest absolute Gasteiger partial charge is 0.408 e. The molecule has 0 bridgehead atoms. The zero-order valence-electron chi connectivity index (χ0n) is 25.2. The first kappa shape index (κ1) is 33.2. The predicted molar refractivity (Wildman–Crippen MR) is 157 cm³/mol. The molecule has 238 valence electrons. The number of halogens is 5. The van der Waals surface area contributed by atoms with Crippen molar-refractivity contribution in [2.24, 2.45) is 0 Å². The Morgan fingerprint density at radius 3 is 2.44 bits per heavy atom. The molecule has 8 nitrogen and oxygen atoms in total. The number of thiazole rings is 1. The van der Waals surface area contributed by atoms with Crippen LogP contribution in [0.1, 0.15) is 86.2 Å². The van der Waals surface area contributed by atoms with Crippen molar-refractivity contribution in [3.8, 4) is 10.4 Å². The van der Waals surface area contributed by atoms with E-state index in [1.165, 1.54) is 0 Å². The van der Waals surface area contributed by atoms with Gasteiger partial charge in [-0.25, -0.2) is 18.7 Å². The minimum absolute atomic E-state index is 0.0113. The molecule has 2 aliphatic rings. The van der Waals surface area contributed by atoms with Crippen LogP contribution in [0, 0.1) is 0 Å². The molecular weight excluding hydrogens is 609 g/mol. The third-order valence-electron chi connectivity index (χ3n) is 8.41. The summed E-state index contributed by atoms with van der Waals surface area (Å²) < 4.78 is 74.1. The highest BCUT2D eigenvalue weighted by atomic mass is 32.1. The van der Waals surface area contributed by atoms with Gasteiger partial charge in [0.1, 0.15) is 17.6 Å². The van der Waals surface area contributed by atoms with Crippen LogP contribution in [0.15, 0.2) is 12.3 Å². The standard InChI is InChI=1S/C28H38F5N5O3SSi/c1-14-9-8-10-38(14)26(40)21-22(17-13-34-20(11-16(17)23(29)30)35-15(2)28(31,32)33)42-25(37-21)24(39)36-18-12-19(18)41-43(6,7)27(3,4)5/h11,13-15,18-19,23H,8-10,12H2,1-7H3,(H,34,35)(H,36,39)/t14-,15-,18?,19?/m0/s1. The number of aromatic nitrogens is 2. The zero-order chi connectivity index (χ0) is 32.1. The third-order valence-corrected chi connectivity index (χ3v) is 14.0. The molecule has 2 fully saturated rings. The van der Waals surface area contributed by atoms with Crippen LogP contribution in [0.2, 0.25) is 18.1 Å². The van der Waals surface area contributed by atoms with Gasteiger partial charge in [-0.3, -0.25) is 9.59 Å². The van der Waals surface area contributed by atoms with E-state index in [4.69, 9.17) is 4.43 Å².